The fraction of sp³-hybridized carbons (Fsp3) is 0.944. The van der Waals surface area contributed by atoms with Crippen LogP contribution in [0.5, 0.6) is 0 Å². The van der Waals surface area contributed by atoms with E-state index < -0.39 is 0 Å². The minimum absolute atomic E-state index is 0. The van der Waals surface area contributed by atoms with Gasteiger partial charge in [0.2, 0.25) is 5.91 Å². The van der Waals surface area contributed by atoms with Gasteiger partial charge in [-0.2, -0.15) is 0 Å². The molecule has 0 aromatic rings. The summed E-state index contributed by atoms with van der Waals surface area (Å²) in [6.45, 7) is 2.14. The van der Waals surface area contributed by atoms with Crippen molar-refractivity contribution in [1.82, 2.24) is 10.2 Å². The molecule has 0 radical (unpaired) electrons. The highest BCUT2D eigenvalue weighted by atomic mass is 35.5. The molecule has 4 heteroatoms. The summed E-state index contributed by atoms with van der Waals surface area (Å²) in [4.78, 5) is 15.9. The first-order valence-electron chi connectivity index (χ1n) is 9.27. The van der Waals surface area contributed by atoms with E-state index in [1.54, 1.807) is 0 Å². The molecule has 124 valence electrons. The Hall–Kier alpha value is -0.280. The van der Waals surface area contributed by atoms with Gasteiger partial charge in [-0.05, 0) is 82.1 Å². The Morgan fingerprint density at radius 3 is 2.14 bits per heavy atom. The molecule has 1 N–H and O–H groups in total. The Bertz CT molecular complexity index is 417. The van der Waals surface area contributed by atoms with Gasteiger partial charge in [0.15, 0.2) is 0 Å². The molecule has 0 spiro atoms. The van der Waals surface area contributed by atoms with Gasteiger partial charge in [0.25, 0.3) is 0 Å². The summed E-state index contributed by atoms with van der Waals surface area (Å²) < 4.78 is 0. The first-order valence-corrected chi connectivity index (χ1v) is 9.27. The van der Waals surface area contributed by atoms with Crippen molar-refractivity contribution in [3.63, 3.8) is 0 Å². The lowest BCUT2D eigenvalue weighted by Gasteiger charge is -2.57. The molecule has 4 aliphatic carbocycles. The fourth-order valence-electron chi connectivity index (χ4n) is 6.96. The summed E-state index contributed by atoms with van der Waals surface area (Å²) in [5, 5.41) is 3.54. The van der Waals surface area contributed by atoms with Crippen molar-refractivity contribution in [2.24, 2.45) is 23.2 Å². The maximum absolute atomic E-state index is 13.6. The first kappa shape index (κ1) is 15.3. The van der Waals surface area contributed by atoms with Crippen molar-refractivity contribution in [3.8, 4) is 0 Å². The van der Waals surface area contributed by atoms with Crippen molar-refractivity contribution < 1.29 is 4.79 Å². The van der Waals surface area contributed by atoms with E-state index in [0.29, 0.717) is 18.0 Å². The highest BCUT2D eigenvalue weighted by molar-refractivity contribution is 5.85. The lowest BCUT2D eigenvalue weighted by molar-refractivity contribution is -0.160. The number of carbonyl (C=O) groups excluding carboxylic acids is 1. The molecule has 22 heavy (non-hydrogen) atoms. The van der Waals surface area contributed by atoms with E-state index in [9.17, 15) is 4.79 Å². The van der Waals surface area contributed by atoms with Gasteiger partial charge in [0.1, 0.15) is 0 Å². The highest BCUT2D eigenvalue weighted by Gasteiger charge is 2.57. The van der Waals surface area contributed by atoms with Gasteiger partial charge in [-0.3, -0.25) is 4.79 Å². The van der Waals surface area contributed by atoms with Gasteiger partial charge in [0, 0.05) is 18.6 Å². The number of carbonyl (C=O) groups is 1. The third-order valence-corrected chi connectivity index (χ3v) is 7.38. The van der Waals surface area contributed by atoms with Crippen molar-refractivity contribution in [2.75, 3.05) is 13.1 Å². The van der Waals surface area contributed by atoms with Crippen LogP contribution in [0.25, 0.3) is 0 Å². The quantitative estimate of drug-likeness (QED) is 0.804. The molecule has 0 aromatic heterocycles. The number of halogens is 1. The Morgan fingerprint density at radius 2 is 1.50 bits per heavy atom. The van der Waals surface area contributed by atoms with Gasteiger partial charge >= 0.3 is 0 Å². The van der Waals surface area contributed by atoms with Gasteiger partial charge in [-0.25, -0.2) is 0 Å². The van der Waals surface area contributed by atoms with Crippen LogP contribution >= 0.6 is 12.4 Å². The number of hydrogen-bond donors (Lipinski definition) is 1. The first-order chi connectivity index (χ1) is 10.2. The number of hydrogen-bond acceptors (Lipinski definition) is 2. The molecular formula is C18H29ClN2O. The minimum atomic E-state index is 0. The molecule has 0 aromatic carbocycles. The average molecular weight is 325 g/mol. The maximum Gasteiger partial charge on any atom is 0.229 e. The topological polar surface area (TPSA) is 32.3 Å². The zero-order chi connectivity index (χ0) is 14.0. The van der Waals surface area contributed by atoms with Crippen molar-refractivity contribution in [2.45, 2.75) is 69.9 Å². The molecule has 6 rings (SSSR count). The van der Waals surface area contributed by atoms with Crippen LogP contribution in [0, 0.1) is 23.2 Å². The smallest absolute Gasteiger partial charge is 0.229 e. The number of rotatable bonds is 1. The number of nitrogens with zero attached hydrogens (tertiary/aromatic N) is 1. The van der Waals surface area contributed by atoms with Crippen LogP contribution in [-0.2, 0) is 4.79 Å². The van der Waals surface area contributed by atoms with Crippen LogP contribution in [0.4, 0.5) is 0 Å². The standard InChI is InChI=1S/C18H28N2O.ClH/c21-17(20-15-1-2-16(20)11-19-4-3-15)18-8-12-5-13(9-18)7-14(6-12)10-18;/h12-16,19H,1-11H2;1H. The summed E-state index contributed by atoms with van der Waals surface area (Å²) in [5.41, 5.74) is 0.0694. The molecular weight excluding hydrogens is 296 g/mol. The van der Waals surface area contributed by atoms with E-state index in [2.05, 4.69) is 10.2 Å². The van der Waals surface area contributed by atoms with Gasteiger partial charge < -0.3 is 10.2 Å². The fourth-order valence-corrected chi connectivity index (χ4v) is 6.96. The maximum atomic E-state index is 13.6. The molecule has 4 saturated carbocycles. The zero-order valence-corrected chi connectivity index (χ0v) is 14.2. The molecule has 6 aliphatic rings. The van der Waals surface area contributed by atoms with Gasteiger partial charge in [-0.1, -0.05) is 0 Å². The number of nitrogens with one attached hydrogen (secondary N) is 1. The SMILES string of the molecule is Cl.O=C(N1C2CCNCC1CC2)C12CC3CC(CC(C3)C1)C2. The zero-order valence-electron chi connectivity index (χ0n) is 13.4. The van der Waals surface area contributed by atoms with Gasteiger partial charge in [-0.15, -0.1) is 12.4 Å². The molecule has 2 heterocycles. The molecule has 6 bridgehead atoms. The van der Waals surface area contributed by atoms with E-state index in [1.807, 2.05) is 0 Å². The van der Waals surface area contributed by atoms with Crippen molar-refractivity contribution >= 4 is 18.3 Å². The Labute approximate surface area is 140 Å². The summed E-state index contributed by atoms with van der Waals surface area (Å²) >= 11 is 0. The van der Waals surface area contributed by atoms with Crippen LogP contribution in [0.2, 0.25) is 0 Å². The number of amides is 1. The van der Waals surface area contributed by atoms with E-state index in [1.165, 1.54) is 57.8 Å². The molecule has 2 unspecified atom stereocenters. The van der Waals surface area contributed by atoms with Crippen LogP contribution in [0.3, 0.4) is 0 Å². The summed E-state index contributed by atoms with van der Waals surface area (Å²) in [7, 11) is 0. The summed E-state index contributed by atoms with van der Waals surface area (Å²) in [6.07, 6.45) is 11.6. The third kappa shape index (κ3) is 2.15. The molecule has 2 saturated heterocycles. The summed E-state index contributed by atoms with van der Waals surface area (Å²) in [6, 6.07) is 1.04. The number of fused-ring (bicyclic) bond motifs is 2. The van der Waals surface area contributed by atoms with Crippen LogP contribution < -0.4 is 5.32 Å². The van der Waals surface area contributed by atoms with E-state index in [0.717, 1.165) is 30.8 Å². The Morgan fingerprint density at radius 1 is 0.909 bits per heavy atom. The Balaban J connectivity index is 0.00000125. The molecule has 2 atom stereocenters. The van der Waals surface area contributed by atoms with E-state index in [-0.39, 0.29) is 17.8 Å². The normalized spacial score (nSPS) is 48.9. The molecule has 2 aliphatic heterocycles. The summed E-state index contributed by atoms with van der Waals surface area (Å²) in [5.74, 6) is 3.21. The highest BCUT2D eigenvalue weighted by Crippen LogP contribution is 2.61. The minimum Gasteiger partial charge on any atom is -0.335 e. The van der Waals surface area contributed by atoms with Crippen LogP contribution in [0.1, 0.15) is 57.8 Å². The lowest BCUT2D eigenvalue weighted by atomic mass is 9.49. The van der Waals surface area contributed by atoms with E-state index in [4.69, 9.17) is 0 Å². The molecule has 6 fully saturated rings. The Kier molecular flexibility index (Phi) is 3.73. The second-order valence-electron chi connectivity index (χ2n) is 8.79. The van der Waals surface area contributed by atoms with Gasteiger partial charge in [0.05, 0.1) is 5.41 Å². The van der Waals surface area contributed by atoms with Crippen molar-refractivity contribution in [1.29, 1.82) is 0 Å². The van der Waals surface area contributed by atoms with Crippen molar-refractivity contribution in [3.05, 3.63) is 0 Å². The predicted molar refractivity (Wildman–Crippen MR) is 89.0 cm³/mol. The van der Waals surface area contributed by atoms with Crippen LogP contribution in [-0.4, -0.2) is 36.0 Å². The monoisotopic (exact) mass is 324 g/mol. The lowest BCUT2D eigenvalue weighted by Crippen LogP contribution is -2.57. The predicted octanol–water partition coefficient (Wildman–Crippen LogP) is 2.98. The van der Waals surface area contributed by atoms with Crippen LogP contribution in [0.15, 0.2) is 0 Å². The largest absolute Gasteiger partial charge is 0.335 e. The second kappa shape index (κ2) is 5.37. The molecule has 3 nitrogen and oxygen atoms in total. The third-order valence-electron chi connectivity index (χ3n) is 7.38. The van der Waals surface area contributed by atoms with E-state index >= 15 is 0 Å². The average Bonchev–Trinajstić information content (AvgIpc) is 2.69. The molecule has 1 amide bonds. The second-order valence-corrected chi connectivity index (χ2v) is 8.79.